The molecular formula is C15H21Cl2NO2. The molecular weight excluding hydrogens is 297 g/mol. The molecule has 1 aliphatic rings. The van der Waals surface area contributed by atoms with Crippen LogP contribution < -0.4 is 10.5 Å². The van der Waals surface area contributed by atoms with E-state index in [9.17, 15) is 0 Å². The standard InChI is InChI=1S/C15H21Cl2NO2/c1-3-20-14-8-11(16)10(7-12(14)17)13(18)9-15(19-2)5-4-6-15/h7-8,13H,3-6,9,18H2,1-2H3. The molecule has 1 aromatic carbocycles. The van der Waals surface area contributed by atoms with Crippen LogP contribution in [0.15, 0.2) is 12.1 Å². The zero-order valence-corrected chi connectivity index (χ0v) is 13.4. The molecule has 1 saturated carbocycles. The Morgan fingerprint density at radius 3 is 2.50 bits per heavy atom. The highest BCUT2D eigenvalue weighted by Crippen LogP contribution is 2.43. The minimum atomic E-state index is -0.184. The van der Waals surface area contributed by atoms with Gasteiger partial charge < -0.3 is 15.2 Å². The summed E-state index contributed by atoms with van der Waals surface area (Å²) in [6.45, 7) is 2.46. The van der Waals surface area contributed by atoms with E-state index >= 15 is 0 Å². The molecule has 20 heavy (non-hydrogen) atoms. The van der Waals surface area contributed by atoms with Gasteiger partial charge in [-0.05, 0) is 44.2 Å². The minimum absolute atomic E-state index is 0.0895. The van der Waals surface area contributed by atoms with Crippen LogP contribution >= 0.6 is 23.2 Å². The van der Waals surface area contributed by atoms with Crippen LogP contribution in [0.3, 0.4) is 0 Å². The molecule has 2 N–H and O–H groups in total. The summed E-state index contributed by atoms with van der Waals surface area (Å²) in [5.74, 6) is 0.597. The topological polar surface area (TPSA) is 44.5 Å². The lowest BCUT2D eigenvalue weighted by Gasteiger charge is -2.42. The molecule has 0 radical (unpaired) electrons. The summed E-state index contributed by atoms with van der Waals surface area (Å²) in [4.78, 5) is 0. The van der Waals surface area contributed by atoms with Crippen LogP contribution in [-0.4, -0.2) is 19.3 Å². The molecule has 0 aromatic heterocycles. The van der Waals surface area contributed by atoms with Crippen molar-refractivity contribution in [3.8, 4) is 5.75 Å². The largest absolute Gasteiger partial charge is 0.492 e. The Labute approximate surface area is 130 Å². The normalized spacial score (nSPS) is 18.4. The zero-order valence-electron chi connectivity index (χ0n) is 11.9. The Balaban J connectivity index is 2.17. The van der Waals surface area contributed by atoms with E-state index in [4.69, 9.17) is 38.4 Å². The summed E-state index contributed by atoms with van der Waals surface area (Å²) in [7, 11) is 1.75. The minimum Gasteiger partial charge on any atom is -0.492 e. The van der Waals surface area contributed by atoms with Crippen LogP contribution in [0.25, 0.3) is 0 Å². The van der Waals surface area contributed by atoms with E-state index in [-0.39, 0.29) is 11.6 Å². The number of benzene rings is 1. The quantitative estimate of drug-likeness (QED) is 0.848. The average molecular weight is 318 g/mol. The molecule has 3 nitrogen and oxygen atoms in total. The molecule has 5 heteroatoms. The first-order valence-corrected chi connectivity index (χ1v) is 7.69. The zero-order chi connectivity index (χ0) is 14.8. The molecule has 112 valence electrons. The van der Waals surface area contributed by atoms with Gasteiger partial charge in [0.2, 0.25) is 0 Å². The highest BCUT2D eigenvalue weighted by Gasteiger charge is 2.38. The smallest absolute Gasteiger partial charge is 0.139 e. The van der Waals surface area contributed by atoms with Crippen LogP contribution in [-0.2, 0) is 4.74 Å². The van der Waals surface area contributed by atoms with Gasteiger partial charge >= 0.3 is 0 Å². The third-order valence-corrected chi connectivity index (χ3v) is 4.66. The highest BCUT2D eigenvalue weighted by molar-refractivity contribution is 6.34. The maximum absolute atomic E-state index is 6.31. The molecule has 0 heterocycles. The summed E-state index contributed by atoms with van der Waals surface area (Å²) in [6.07, 6.45) is 4.06. The van der Waals surface area contributed by atoms with Crippen molar-refractivity contribution in [3.63, 3.8) is 0 Å². The maximum atomic E-state index is 6.31. The molecule has 2 rings (SSSR count). The number of nitrogens with two attached hydrogens (primary N) is 1. The fourth-order valence-electron chi connectivity index (χ4n) is 2.67. The fourth-order valence-corrected chi connectivity index (χ4v) is 3.19. The van der Waals surface area contributed by atoms with E-state index in [0.29, 0.717) is 22.4 Å². The Kier molecular flexibility index (Phi) is 5.19. The summed E-state index contributed by atoms with van der Waals surface area (Å²) >= 11 is 12.5. The summed E-state index contributed by atoms with van der Waals surface area (Å²) in [5, 5.41) is 1.14. The highest BCUT2D eigenvalue weighted by atomic mass is 35.5. The van der Waals surface area contributed by atoms with Crippen molar-refractivity contribution < 1.29 is 9.47 Å². The predicted octanol–water partition coefficient (Wildman–Crippen LogP) is 4.35. The Morgan fingerprint density at radius 1 is 1.30 bits per heavy atom. The monoisotopic (exact) mass is 317 g/mol. The molecule has 0 amide bonds. The van der Waals surface area contributed by atoms with Crippen LogP contribution in [0, 0.1) is 0 Å². The molecule has 0 bridgehead atoms. The second kappa shape index (κ2) is 6.52. The number of hydrogen-bond acceptors (Lipinski definition) is 3. The second-order valence-electron chi connectivity index (χ2n) is 5.29. The van der Waals surface area contributed by atoms with E-state index < -0.39 is 0 Å². The molecule has 1 aliphatic carbocycles. The van der Waals surface area contributed by atoms with E-state index in [1.165, 1.54) is 6.42 Å². The summed E-state index contributed by atoms with van der Waals surface area (Å²) in [5.41, 5.74) is 7.06. The summed E-state index contributed by atoms with van der Waals surface area (Å²) < 4.78 is 11.0. The van der Waals surface area contributed by atoms with Gasteiger partial charge in [0.1, 0.15) is 5.75 Å². The molecule has 1 atom stereocenters. The van der Waals surface area contributed by atoms with Crippen molar-refractivity contribution in [2.75, 3.05) is 13.7 Å². The lowest BCUT2D eigenvalue weighted by Crippen LogP contribution is -2.41. The molecule has 0 aliphatic heterocycles. The first-order chi connectivity index (χ1) is 9.51. The van der Waals surface area contributed by atoms with Crippen LogP contribution in [0.1, 0.15) is 44.2 Å². The van der Waals surface area contributed by atoms with Gasteiger partial charge in [0.05, 0.1) is 17.2 Å². The van der Waals surface area contributed by atoms with Gasteiger partial charge in [-0.2, -0.15) is 0 Å². The lowest BCUT2D eigenvalue weighted by atomic mass is 9.75. The molecule has 0 spiro atoms. The van der Waals surface area contributed by atoms with Gasteiger partial charge in [-0.1, -0.05) is 23.2 Å². The maximum Gasteiger partial charge on any atom is 0.139 e. The van der Waals surface area contributed by atoms with Crippen molar-refractivity contribution in [3.05, 3.63) is 27.7 Å². The van der Waals surface area contributed by atoms with E-state index in [1.807, 2.05) is 13.0 Å². The van der Waals surface area contributed by atoms with E-state index in [2.05, 4.69) is 0 Å². The first-order valence-electron chi connectivity index (χ1n) is 6.94. The van der Waals surface area contributed by atoms with Gasteiger partial charge in [-0.3, -0.25) is 0 Å². The Bertz CT molecular complexity index is 470. The van der Waals surface area contributed by atoms with Crippen molar-refractivity contribution in [2.24, 2.45) is 5.73 Å². The van der Waals surface area contributed by atoms with Crippen molar-refractivity contribution in [2.45, 2.75) is 44.2 Å². The molecule has 1 fully saturated rings. The van der Waals surface area contributed by atoms with Crippen LogP contribution in [0.2, 0.25) is 10.0 Å². The van der Waals surface area contributed by atoms with Crippen molar-refractivity contribution in [1.82, 2.24) is 0 Å². The van der Waals surface area contributed by atoms with Gasteiger partial charge in [0.15, 0.2) is 0 Å². The number of rotatable bonds is 6. The van der Waals surface area contributed by atoms with E-state index in [1.54, 1.807) is 13.2 Å². The molecule has 1 unspecified atom stereocenters. The fraction of sp³-hybridized carbons (Fsp3) is 0.600. The van der Waals surface area contributed by atoms with Gasteiger partial charge in [-0.25, -0.2) is 0 Å². The number of ether oxygens (including phenoxy) is 2. The van der Waals surface area contributed by atoms with E-state index in [0.717, 1.165) is 24.8 Å². The van der Waals surface area contributed by atoms with Crippen molar-refractivity contribution >= 4 is 23.2 Å². The number of methoxy groups -OCH3 is 1. The number of hydrogen-bond donors (Lipinski definition) is 1. The molecule has 1 aromatic rings. The average Bonchev–Trinajstić information content (AvgIpc) is 2.38. The first kappa shape index (κ1) is 15.9. The second-order valence-corrected chi connectivity index (χ2v) is 6.10. The van der Waals surface area contributed by atoms with Crippen LogP contribution in [0.5, 0.6) is 5.75 Å². The van der Waals surface area contributed by atoms with Gasteiger partial charge in [-0.15, -0.1) is 0 Å². The Hall–Kier alpha value is -0.480. The molecule has 0 saturated heterocycles. The Morgan fingerprint density at radius 2 is 2.00 bits per heavy atom. The lowest BCUT2D eigenvalue weighted by molar-refractivity contribution is -0.0816. The van der Waals surface area contributed by atoms with Crippen molar-refractivity contribution in [1.29, 1.82) is 0 Å². The predicted molar refractivity (Wildman–Crippen MR) is 82.8 cm³/mol. The van der Waals surface area contributed by atoms with Gasteiger partial charge in [0, 0.05) is 24.2 Å². The number of halogens is 2. The summed E-state index contributed by atoms with van der Waals surface area (Å²) in [6, 6.07) is 3.36. The third-order valence-electron chi connectivity index (χ3n) is 4.04. The third kappa shape index (κ3) is 3.22. The van der Waals surface area contributed by atoms with Crippen LogP contribution in [0.4, 0.5) is 0 Å². The van der Waals surface area contributed by atoms with Gasteiger partial charge in [0.25, 0.3) is 0 Å². The SMILES string of the molecule is CCOc1cc(Cl)c(C(N)CC2(OC)CCC2)cc1Cl.